The van der Waals surface area contributed by atoms with Gasteiger partial charge in [-0.1, -0.05) is 0 Å². The van der Waals surface area contributed by atoms with Crippen molar-refractivity contribution in [1.29, 1.82) is 0 Å². The predicted octanol–water partition coefficient (Wildman–Crippen LogP) is 4.89. The minimum absolute atomic E-state index is 0.209. The van der Waals surface area contributed by atoms with E-state index in [2.05, 4.69) is 26.1 Å². The first-order valence-corrected chi connectivity index (χ1v) is 8.85. The fourth-order valence-corrected chi connectivity index (χ4v) is 3.92. The first-order chi connectivity index (χ1) is 10.6. The Hall–Kier alpha value is -1.40. The van der Waals surface area contributed by atoms with E-state index in [1.807, 2.05) is 6.07 Å². The second-order valence-corrected chi connectivity index (χ2v) is 7.73. The van der Waals surface area contributed by atoms with Gasteiger partial charge in [0.25, 0.3) is 5.91 Å². The first-order valence-electron chi connectivity index (χ1n) is 7.25. The van der Waals surface area contributed by atoms with Gasteiger partial charge < -0.3 is 10.2 Å². The SMILES string of the molecule is O=C(Nc1cc(F)ccc1N1CCCCC1)c1ccc(Br)s1. The topological polar surface area (TPSA) is 32.3 Å². The smallest absolute Gasteiger partial charge is 0.265 e. The number of carbonyl (C=O) groups is 1. The molecule has 6 heteroatoms. The Morgan fingerprint density at radius 2 is 1.95 bits per heavy atom. The minimum Gasteiger partial charge on any atom is -0.370 e. The number of hydrogen-bond donors (Lipinski definition) is 1. The molecule has 1 amide bonds. The molecule has 1 aromatic carbocycles. The lowest BCUT2D eigenvalue weighted by Crippen LogP contribution is -2.30. The number of rotatable bonds is 3. The van der Waals surface area contributed by atoms with Gasteiger partial charge in [0.1, 0.15) is 5.82 Å². The van der Waals surface area contributed by atoms with Crippen molar-refractivity contribution in [3.63, 3.8) is 0 Å². The van der Waals surface area contributed by atoms with E-state index in [1.165, 1.54) is 29.9 Å². The number of amides is 1. The number of carbonyl (C=O) groups excluding carboxylic acids is 1. The molecular formula is C16H16BrFN2OS. The van der Waals surface area contributed by atoms with E-state index in [4.69, 9.17) is 0 Å². The van der Waals surface area contributed by atoms with E-state index >= 15 is 0 Å². The standard InChI is InChI=1S/C16H16BrFN2OS/c17-15-7-6-14(22-15)16(21)19-12-10-11(18)4-5-13(12)20-8-2-1-3-9-20/h4-7,10H,1-3,8-9H2,(H,19,21). The van der Waals surface area contributed by atoms with Crippen LogP contribution in [0.15, 0.2) is 34.1 Å². The number of nitrogens with one attached hydrogen (secondary N) is 1. The Balaban J connectivity index is 1.85. The van der Waals surface area contributed by atoms with Gasteiger partial charge in [-0.05, 0) is 65.5 Å². The molecule has 1 aliphatic rings. The lowest BCUT2D eigenvalue weighted by molar-refractivity contribution is 0.103. The van der Waals surface area contributed by atoms with Crippen molar-refractivity contribution in [3.8, 4) is 0 Å². The third-order valence-electron chi connectivity index (χ3n) is 3.70. The summed E-state index contributed by atoms with van der Waals surface area (Å²) in [6.07, 6.45) is 3.48. The van der Waals surface area contributed by atoms with Crippen molar-refractivity contribution in [3.05, 3.63) is 44.8 Å². The van der Waals surface area contributed by atoms with E-state index in [1.54, 1.807) is 12.1 Å². The molecule has 0 atom stereocenters. The molecule has 2 heterocycles. The average Bonchev–Trinajstić information content (AvgIpc) is 2.95. The maximum atomic E-state index is 13.6. The summed E-state index contributed by atoms with van der Waals surface area (Å²) in [6, 6.07) is 8.17. The molecule has 0 spiro atoms. The summed E-state index contributed by atoms with van der Waals surface area (Å²) >= 11 is 4.70. The molecule has 3 nitrogen and oxygen atoms in total. The molecule has 1 N–H and O–H groups in total. The van der Waals surface area contributed by atoms with Crippen molar-refractivity contribution in [1.82, 2.24) is 0 Å². The molecule has 1 fully saturated rings. The van der Waals surface area contributed by atoms with Crippen molar-refractivity contribution in [2.24, 2.45) is 0 Å². The third kappa shape index (κ3) is 3.50. The van der Waals surface area contributed by atoms with Crippen LogP contribution in [0.1, 0.15) is 28.9 Å². The van der Waals surface area contributed by atoms with Crippen LogP contribution in [0.3, 0.4) is 0 Å². The van der Waals surface area contributed by atoms with Crippen LogP contribution >= 0.6 is 27.3 Å². The number of hydrogen-bond acceptors (Lipinski definition) is 3. The third-order valence-corrected chi connectivity index (χ3v) is 5.32. The van der Waals surface area contributed by atoms with E-state index < -0.39 is 0 Å². The van der Waals surface area contributed by atoms with Crippen LogP contribution in [0.25, 0.3) is 0 Å². The number of nitrogens with zero attached hydrogens (tertiary/aromatic N) is 1. The molecule has 22 heavy (non-hydrogen) atoms. The Labute approximate surface area is 141 Å². The quantitative estimate of drug-likeness (QED) is 0.818. The van der Waals surface area contributed by atoms with E-state index in [9.17, 15) is 9.18 Å². The van der Waals surface area contributed by atoms with Crippen LogP contribution in [-0.4, -0.2) is 19.0 Å². The molecule has 0 unspecified atom stereocenters. The monoisotopic (exact) mass is 382 g/mol. The Morgan fingerprint density at radius 3 is 2.64 bits per heavy atom. The molecule has 1 aromatic heterocycles. The van der Waals surface area contributed by atoms with Gasteiger partial charge in [0, 0.05) is 13.1 Å². The zero-order valence-electron chi connectivity index (χ0n) is 11.9. The number of anilines is 2. The van der Waals surface area contributed by atoms with Crippen molar-refractivity contribution < 1.29 is 9.18 Å². The molecule has 1 saturated heterocycles. The predicted molar refractivity (Wildman–Crippen MR) is 92.4 cm³/mol. The molecule has 116 valence electrons. The second kappa shape index (κ2) is 6.79. The number of piperidine rings is 1. The maximum absolute atomic E-state index is 13.6. The summed E-state index contributed by atoms with van der Waals surface area (Å²) in [5.41, 5.74) is 1.43. The van der Waals surface area contributed by atoms with Gasteiger partial charge in [-0.3, -0.25) is 4.79 Å². The van der Waals surface area contributed by atoms with E-state index in [0.29, 0.717) is 10.6 Å². The molecule has 3 rings (SSSR count). The summed E-state index contributed by atoms with van der Waals surface area (Å²) in [7, 11) is 0. The Morgan fingerprint density at radius 1 is 1.18 bits per heavy atom. The Kier molecular flexibility index (Phi) is 4.78. The van der Waals surface area contributed by atoms with Gasteiger partial charge in [-0.2, -0.15) is 0 Å². The van der Waals surface area contributed by atoms with Gasteiger partial charge in [-0.15, -0.1) is 11.3 Å². The highest BCUT2D eigenvalue weighted by Crippen LogP contribution is 2.30. The minimum atomic E-state index is -0.344. The normalized spacial score (nSPS) is 14.9. The summed E-state index contributed by atoms with van der Waals surface area (Å²) in [6.45, 7) is 1.89. The van der Waals surface area contributed by atoms with Gasteiger partial charge in [0.2, 0.25) is 0 Å². The maximum Gasteiger partial charge on any atom is 0.265 e. The van der Waals surface area contributed by atoms with Gasteiger partial charge in [0.15, 0.2) is 0 Å². The molecule has 2 aromatic rings. The summed E-state index contributed by atoms with van der Waals surface area (Å²) in [4.78, 5) is 15.1. The molecule has 0 bridgehead atoms. The number of thiophene rings is 1. The molecule has 0 aliphatic carbocycles. The van der Waals surface area contributed by atoms with Crippen LogP contribution in [0.2, 0.25) is 0 Å². The zero-order valence-corrected chi connectivity index (χ0v) is 14.3. The second-order valence-electron chi connectivity index (χ2n) is 5.27. The Bertz CT molecular complexity index is 683. The highest BCUT2D eigenvalue weighted by atomic mass is 79.9. The van der Waals surface area contributed by atoms with Crippen LogP contribution < -0.4 is 10.2 Å². The van der Waals surface area contributed by atoms with Crippen LogP contribution in [0, 0.1) is 5.82 Å². The average molecular weight is 383 g/mol. The van der Waals surface area contributed by atoms with Crippen molar-refractivity contribution >= 4 is 44.5 Å². The lowest BCUT2D eigenvalue weighted by Gasteiger charge is -2.30. The van der Waals surface area contributed by atoms with Crippen molar-refractivity contribution in [2.45, 2.75) is 19.3 Å². The number of benzene rings is 1. The summed E-state index contributed by atoms with van der Waals surface area (Å²) < 4.78 is 14.5. The highest BCUT2D eigenvalue weighted by molar-refractivity contribution is 9.11. The number of halogens is 2. The highest BCUT2D eigenvalue weighted by Gasteiger charge is 2.17. The fourth-order valence-electron chi connectivity index (χ4n) is 2.64. The molecule has 0 saturated carbocycles. The van der Waals surface area contributed by atoms with Gasteiger partial charge in [-0.25, -0.2) is 4.39 Å². The largest absolute Gasteiger partial charge is 0.370 e. The molecular weight excluding hydrogens is 367 g/mol. The lowest BCUT2D eigenvalue weighted by atomic mass is 10.1. The molecule has 0 radical (unpaired) electrons. The van der Waals surface area contributed by atoms with Crippen LogP contribution in [-0.2, 0) is 0 Å². The van der Waals surface area contributed by atoms with E-state index in [0.717, 1.165) is 35.4 Å². The zero-order chi connectivity index (χ0) is 15.5. The van der Waals surface area contributed by atoms with Gasteiger partial charge in [0.05, 0.1) is 20.0 Å². The summed E-state index contributed by atoms with van der Waals surface area (Å²) in [5.74, 6) is -0.553. The van der Waals surface area contributed by atoms with Crippen LogP contribution in [0.4, 0.5) is 15.8 Å². The van der Waals surface area contributed by atoms with Crippen LogP contribution in [0.5, 0.6) is 0 Å². The molecule has 1 aliphatic heterocycles. The van der Waals surface area contributed by atoms with Crippen molar-refractivity contribution in [2.75, 3.05) is 23.3 Å². The van der Waals surface area contributed by atoms with Gasteiger partial charge >= 0.3 is 0 Å². The van der Waals surface area contributed by atoms with E-state index in [-0.39, 0.29) is 11.7 Å². The first kappa shape index (κ1) is 15.5. The fraction of sp³-hybridized carbons (Fsp3) is 0.312. The summed E-state index contributed by atoms with van der Waals surface area (Å²) in [5, 5.41) is 2.85.